The van der Waals surface area contributed by atoms with Gasteiger partial charge in [-0.05, 0) is 49.4 Å². The summed E-state index contributed by atoms with van der Waals surface area (Å²) in [6, 6.07) is 5.41. The Bertz CT molecular complexity index is 643. The van der Waals surface area contributed by atoms with E-state index in [0.29, 0.717) is 30.5 Å². The van der Waals surface area contributed by atoms with E-state index in [-0.39, 0.29) is 5.91 Å². The topological polar surface area (TPSA) is 80.9 Å². The second kappa shape index (κ2) is 6.18. The molecular weight excluding hydrogens is 264 g/mol. The zero-order chi connectivity index (χ0) is 14.7. The van der Waals surface area contributed by atoms with Gasteiger partial charge in [0.25, 0.3) is 5.91 Å². The molecule has 21 heavy (non-hydrogen) atoms. The van der Waals surface area contributed by atoms with Crippen molar-refractivity contribution in [1.82, 2.24) is 15.3 Å². The molecule has 5 nitrogen and oxygen atoms in total. The van der Waals surface area contributed by atoms with Crippen LogP contribution in [0, 0.1) is 11.8 Å². The number of aromatic nitrogens is 2. The van der Waals surface area contributed by atoms with Crippen LogP contribution in [0.4, 0.5) is 0 Å². The molecule has 1 heterocycles. The van der Waals surface area contributed by atoms with Gasteiger partial charge >= 0.3 is 0 Å². The molecule has 0 saturated heterocycles. The summed E-state index contributed by atoms with van der Waals surface area (Å²) >= 11 is 0. The van der Waals surface area contributed by atoms with Crippen LogP contribution in [-0.4, -0.2) is 29.0 Å². The first-order valence-corrected chi connectivity index (χ1v) is 7.47. The molecule has 3 N–H and O–H groups in total. The van der Waals surface area contributed by atoms with E-state index in [0.717, 1.165) is 17.5 Å². The van der Waals surface area contributed by atoms with Crippen molar-refractivity contribution in [3.05, 3.63) is 36.2 Å². The Labute approximate surface area is 124 Å². The molecule has 2 unspecified atom stereocenters. The molecular formula is C16H20N4O. The molecule has 1 aromatic carbocycles. The lowest BCUT2D eigenvalue weighted by atomic mass is 9.96. The summed E-state index contributed by atoms with van der Waals surface area (Å²) < 4.78 is 0. The van der Waals surface area contributed by atoms with Crippen molar-refractivity contribution in [1.29, 1.82) is 0 Å². The van der Waals surface area contributed by atoms with Crippen LogP contribution in [0.5, 0.6) is 0 Å². The number of nitrogens with two attached hydrogens (primary N) is 1. The van der Waals surface area contributed by atoms with Gasteiger partial charge in [-0.25, -0.2) is 0 Å². The lowest BCUT2D eigenvalue weighted by Crippen LogP contribution is -2.32. The monoisotopic (exact) mass is 284 g/mol. The van der Waals surface area contributed by atoms with Crippen molar-refractivity contribution in [3.8, 4) is 0 Å². The summed E-state index contributed by atoms with van der Waals surface area (Å²) in [5.41, 5.74) is 7.95. The standard InChI is InChI=1S/C16H20N4O/c17-9-12-2-1-3-13(12)10-20-16(21)11-4-5-14-15(8-11)19-7-6-18-14/h4-8,12-13H,1-3,9-10,17H2,(H,20,21). The highest BCUT2D eigenvalue weighted by Crippen LogP contribution is 2.30. The van der Waals surface area contributed by atoms with Crippen molar-refractivity contribution in [3.63, 3.8) is 0 Å². The minimum Gasteiger partial charge on any atom is -0.352 e. The van der Waals surface area contributed by atoms with Gasteiger partial charge in [-0.3, -0.25) is 14.8 Å². The average Bonchev–Trinajstić information content (AvgIpc) is 2.99. The maximum Gasteiger partial charge on any atom is 0.251 e. The van der Waals surface area contributed by atoms with E-state index < -0.39 is 0 Å². The lowest BCUT2D eigenvalue weighted by molar-refractivity contribution is 0.0944. The summed E-state index contributed by atoms with van der Waals surface area (Å²) in [7, 11) is 0. The van der Waals surface area contributed by atoms with E-state index in [9.17, 15) is 4.79 Å². The fourth-order valence-corrected chi connectivity index (χ4v) is 3.12. The number of nitrogens with one attached hydrogen (secondary N) is 1. The number of rotatable bonds is 4. The van der Waals surface area contributed by atoms with Crippen molar-refractivity contribution in [2.75, 3.05) is 13.1 Å². The minimum atomic E-state index is -0.0507. The normalized spacial score (nSPS) is 21.6. The van der Waals surface area contributed by atoms with Gasteiger partial charge in [0.05, 0.1) is 11.0 Å². The number of carbonyl (C=O) groups excluding carboxylic acids is 1. The third-order valence-corrected chi connectivity index (χ3v) is 4.38. The van der Waals surface area contributed by atoms with E-state index >= 15 is 0 Å². The van der Waals surface area contributed by atoms with Gasteiger partial charge in [-0.1, -0.05) is 6.42 Å². The summed E-state index contributed by atoms with van der Waals surface area (Å²) in [4.78, 5) is 20.7. The number of nitrogens with zero attached hydrogens (tertiary/aromatic N) is 2. The number of hydrogen-bond donors (Lipinski definition) is 2. The molecule has 2 aromatic rings. The van der Waals surface area contributed by atoms with Gasteiger partial charge in [0.15, 0.2) is 0 Å². The number of carbonyl (C=O) groups is 1. The highest BCUT2D eigenvalue weighted by atomic mass is 16.1. The third kappa shape index (κ3) is 3.03. The predicted octanol–water partition coefficient (Wildman–Crippen LogP) is 1.73. The number of fused-ring (bicyclic) bond motifs is 1. The van der Waals surface area contributed by atoms with E-state index in [1.165, 1.54) is 12.8 Å². The van der Waals surface area contributed by atoms with Crippen LogP contribution in [0.1, 0.15) is 29.6 Å². The van der Waals surface area contributed by atoms with Crippen LogP contribution >= 0.6 is 0 Å². The summed E-state index contributed by atoms with van der Waals surface area (Å²) in [5, 5.41) is 3.03. The molecule has 0 aliphatic heterocycles. The van der Waals surface area contributed by atoms with Crippen LogP contribution in [0.2, 0.25) is 0 Å². The first kappa shape index (κ1) is 13.9. The maximum atomic E-state index is 12.2. The van der Waals surface area contributed by atoms with Gasteiger partial charge in [0, 0.05) is 24.5 Å². The van der Waals surface area contributed by atoms with E-state index in [1.807, 2.05) is 6.07 Å². The zero-order valence-electron chi connectivity index (χ0n) is 12.0. The molecule has 3 rings (SSSR count). The second-order valence-electron chi connectivity index (χ2n) is 5.66. The highest BCUT2D eigenvalue weighted by molar-refractivity contribution is 5.97. The van der Waals surface area contributed by atoms with Gasteiger partial charge in [0.2, 0.25) is 0 Å². The van der Waals surface area contributed by atoms with Crippen LogP contribution in [0.25, 0.3) is 11.0 Å². The van der Waals surface area contributed by atoms with Crippen molar-refractivity contribution >= 4 is 16.9 Å². The molecule has 2 atom stereocenters. The first-order chi connectivity index (χ1) is 10.3. The summed E-state index contributed by atoms with van der Waals surface area (Å²) in [6.45, 7) is 1.42. The number of hydrogen-bond acceptors (Lipinski definition) is 4. The predicted molar refractivity (Wildman–Crippen MR) is 81.8 cm³/mol. The molecule has 0 radical (unpaired) electrons. The average molecular weight is 284 g/mol. The Hall–Kier alpha value is -2.01. The third-order valence-electron chi connectivity index (χ3n) is 4.38. The van der Waals surface area contributed by atoms with Gasteiger partial charge in [0.1, 0.15) is 0 Å². The first-order valence-electron chi connectivity index (χ1n) is 7.47. The Morgan fingerprint density at radius 3 is 2.76 bits per heavy atom. The molecule has 1 amide bonds. The van der Waals surface area contributed by atoms with Crippen LogP contribution in [0.3, 0.4) is 0 Å². The minimum absolute atomic E-state index is 0.0507. The Morgan fingerprint density at radius 1 is 1.19 bits per heavy atom. The molecule has 1 saturated carbocycles. The quantitative estimate of drug-likeness (QED) is 0.896. The Kier molecular flexibility index (Phi) is 4.10. The van der Waals surface area contributed by atoms with Crippen molar-refractivity contribution < 1.29 is 4.79 Å². The fourth-order valence-electron chi connectivity index (χ4n) is 3.12. The number of benzene rings is 1. The van der Waals surface area contributed by atoms with E-state index in [4.69, 9.17) is 5.73 Å². The highest BCUT2D eigenvalue weighted by Gasteiger charge is 2.26. The SMILES string of the molecule is NCC1CCCC1CNC(=O)c1ccc2nccnc2c1. The fraction of sp³-hybridized carbons (Fsp3) is 0.438. The van der Waals surface area contributed by atoms with Crippen molar-refractivity contribution in [2.45, 2.75) is 19.3 Å². The van der Waals surface area contributed by atoms with Gasteiger partial charge < -0.3 is 11.1 Å². The molecule has 1 aliphatic carbocycles. The Balaban J connectivity index is 1.66. The van der Waals surface area contributed by atoms with Crippen LogP contribution < -0.4 is 11.1 Å². The Morgan fingerprint density at radius 2 is 1.95 bits per heavy atom. The number of amides is 1. The maximum absolute atomic E-state index is 12.2. The molecule has 5 heteroatoms. The molecule has 1 fully saturated rings. The summed E-state index contributed by atoms with van der Waals surface area (Å²) in [6.07, 6.45) is 6.84. The smallest absolute Gasteiger partial charge is 0.251 e. The molecule has 1 aromatic heterocycles. The van der Waals surface area contributed by atoms with Crippen molar-refractivity contribution in [2.24, 2.45) is 17.6 Å². The zero-order valence-corrected chi connectivity index (χ0v) is 12.0. The second-order valence-corrected chi connectivity index (χ2v) is 5.66. The van der Waals surface area contributed by atoms with E-state index in [2.05, 4.69) is 15.3 Å². The largest absolute Gasteiger partial charge is 0.352 e. The van der Waals surface area contributed by atoms with Gasteiger partial charge in [-0.2, -0.15) is 0 Å². The van der Waals surface area contributed by atoms with E-state index in [1.54, 1.807) is 24.5 Å². The van der Waals surface area contributed by atoms with Crippen LogP contribution in [-0.2, 0) is 0 Å². The van der Waals surface area contributed by atoms with Crippen LogP contribution in [0.15, 0.2) is 30.6 Å². The lowest BCUT2D eigenvalue weighted by Gasteiger charge is -2.18. The molecule has 110 valence electrons. The summed E-state index contributed by atoms with van der Waals surface area (Å²) in [5.74, 6) is 1.01. The molecule has 1 aliphatic rings. The molecule has 0 bridgehead atoms. The molecule has 0 spiro atoms. The van der Waals surface area contributed by atoms with Gasteiger partial charge in [-0.15, -0.1) is 0 Å².